The predicted molar refractivity (Wildman–Crippen MR) is 114 cm³/mol. The Bertz CT molecular complexity index is 1010. The summed E-state index contributed by atoms with van der Waals surface area (Å²) in [6, 6.07) is 19.7. The van der Waals surface area contributed by atoms with E-state index in [2.05, 4.69) is 31.5 Å². The zero-order valence-electron chi connectivity index (χ0n) is 15.0. The van der Waals surface area contributed by atoms with Gasteiger partial charge in [-0.1, -0.05) is 40.2 Å². The summed E-state index contributed by atoms with van der Waals surface area (Å²) in [5.74, 6) is -0.398. The van der Waals surface area contributed by atoms with E-state index in [4.69, 9.17) is 5.73 Å². The van der Waals surface area contributed by atoms with Gasteiger partial charge in [-0.15, -0.1) is 0 Å². The van der Waals surface area contributed by atoms with E-state index in [1.165, 1.54) is 0 Å². The van der Waals surface area contributed by atoms with E-state index in [9.17, 15) is 9.59 Å². The fourth-order valence-corrected chi connectivity index (χ4v) is 3.03. The van der Waals surface area contributed by atoms with Crippen molar-refractivity contribution in [3.05, 3.63) is 82.6 Å². The number of pyridine rings is 1. The van der Waals surface area contributed by atoms with Crippen molar-refractivity contribution in [1.29, 1.82) is 0 Å². The second kappa shape index (κ2) is 9.14. The van der Waals surface area contributed by atoms with E-state index in [1.54, 1.807) is 42.5 Å². The highest BCUT2D eigenvalue weighted by Gasteiger charge is 2.10. The molecule has 6 nitrogen and oxygen atoms in total. The van der Waals surface area contributed by atoms with Gasteiger partial charge in [-0.3, -0.25) is 14.6 Å². The minimum Gasteiger partial charge on any atom is -0.397 e. The van der Waals surface area contributed by atoms with Crippen LogP contribution in [0, 0.1) is 0 Å². The summed E-state index contributed by atoms with van der Waals surface area (Å²) < 4.78 is 0.885. The molecule has 0 fully saturated rings. The van der Waals surface area contributed by atoms with Crippen LogP contribution in [0.4, 0.5) is 17.1 Å². The lowest BCUT2D eigenvalue weighted by Crippen LogP contribution is -2.18. The maximum atomic E-state index is 12.3. The minimum atomic E-state index is -0.221. The summed E-state index contributed by atoms with van der Waals surface area (Å²) in [6.07, 6.45) is 0.211. The van der Waals surface area contributed by atoms with Gasteiger partial charge in [-0.25, -0.2) is 0 Å². The van der Waals surface area contributed by atoms with Crippen molar-refractivity contribution in [2.24, 2.45) is 0 Å². The van der Waals surface area contributed by atoms with Gasteiger partial charge >= 0.3 is 0 Å². The molecule has 0 atom stereocenters. The molecule has 0 aliphatic rings. The number of anilines is 3. The topological polar surface area (TPSA) is 97.1 Å². The third-order valence-corrected chi connectivity index (χ3v) is 4.38. The van der Waals surface area contributed by atoms with Crippen LogP contribution in [0.25, 0.3) is 0 Å². The molecular weight excluding hydrogens is 420 g/mol. The van der Waals surface area contributed by atoms with Crippen LogP contribution in [0.15, 0.2) is 71.2 Å². The van der Waals surface area contributed by atoms with Gasteiger partial charge in [0.05, 0.1) is 35.6 Å². The summed E-state index contributed by atoms with van der Waals surface area (Å²) >= 11 is 3.37. The molecule has 1 heterocycles. The fraction of sp³-hybridized carbons (Fsp3) is 0.0952. The molecule has 0 saturated carbocycles. The highest BCUT2D eigenvalue weighted by Crippen LogP contribution is 2.17. The van der Waals surface area contributed by atoms with Crippen LogP contribution in [0.5, 0.6) is 0 Å². The highest BCUT2D eigenvalue weighted by molar-refractivity contribution is 9.10. The lowest BCUT2D eigenvalue weighted by Gasteiger charge is -2.09. The zero-order valence-corrected chi connectivity index (χ0v) is 16.6. The van der Waals surface area contributed by atoms with Crippen molar-refractivity contribution < 1.29 is 9.59 Å². The first-order chi connectivity index (χ1) is 13.5. The number of hydrogen-bond donors (Lipinski definition) is 3. The van der Waals surface area contributed by atoms with Crippen LogP contribution in [-0.2, 0) is 22.4 Å². The number of nitrogens with two attached hydrogens (primary N) is 1. The quantitative estimate of drug-likeness (QED) is 0.509. The number of carbonyl (C=O) groups is 2. The molecule has 3 rings (SSSR count). The summed E-state index contributed by atoms with van der Waals surface area (Å²) in [5, 5.41) is 5.60. The number of aromatic nitrogens is 1. The number of benzene rings is 2. The molecule has 4 N–H and O–H groups in total. The fourth-order valence-electron chi connectivity index (χ4n) is 2.63. The third-order valence-electron chi connectivity index (χ3n) is 3.89. The monoisotopic (exact) mass is 438 g/mol. The summed E-state index contributed by atoms with van der Waals surface area (Å²) in [6.45, 7) is 0. The van der Waals surface area contributed by atoms with Crippen LogP contribution in [-0.4, -0.2) is 16.8 Å². The van der Waals surface area contributed by atoms with Gasteiger partial charge in [0.1, 0.15) is 0 Å². The number of nitrogen functional groups attached to an aromatic ring is 1. The average Bonchev–Trinajstić information content (AvgIpc) is 2.64. The standard InChI is InChI=1S/C21H19BrN4O2/c22-14-5-3-6-15(11-14)25-20(27)12-16-7-4-8-17(24-16)13-21(28)26-19-10-2-1-9-18(19)23/h1-11H,12-13,23H2,(H,25,27)(H,26,28). The zero-order chi connectivity index (χ0) is 19.9. The third kappa shape index (κ3) is 5.65. The van der Waals surface area contributed by atoms with Crippen molar-refractivity contribution in [2.45, 2.75) is 12.8 Å². The molecule has 28 heavy (non-hydrogen) atoms. The Morgan fingerprint density at radius 1 is 0.857 bits per heavy atom. The number of carbonyl (C=O) groups excluding carboxylic acids is 2. The van der Waals surface area contributed by atoms with Crippen LogP contribution >= 0.6 is 15.9 Å². The van der Waals surface area contributed by atoms with E-state index in [0.717, 1.165) is 4.47 Å². The lowest BCUT2D eigenvalue weighted by atomic mass is 10.2. The first kappa shape index (κ1) is 19.6. The number of amides is 2. The Kier molecular flexibility index (Phi) is 6.39. The van der Waals surface area contributed by atoms with Crippen molar-refractivity contribution >= 4 is 44.8 Å². The van der Waals surface area contributed by atoms with E-state index >= 15 is 0 Å². The first-order valence-corrected chi connectivity index (χ1v) is 9.43. The number of rotatable bonds is 6. The normalized spacial score (nSPS) is 10.3. The SMILES string of the molecule is Nc1ccccc1NC(=O)Cc1cccc(CC(=O)Nc2cccc(Br)c2)n1. The Morgan fingerprint density at radius 3 is 2.18 bits per heavy atom. The molecule has 1 aromatic heterocycles. The Hall–Kier alpha value is -3.19. The van der Waals surface area contributed by atoms with E-state index < -0.39 is 0 Å². The molecule has 142 valence electrons. The largest absolute Gasteiger partial charge is 0.397 e. The van der Waals surface area contributed by atoms with Crippen molar-refractivity contribution in [3.8, 4) is 0 Å². The number of para-hydroxylation sites is 2. The Balaban J connectivity index is 1.59. The second-order valence-corrected chi connectivity index (χ2v) is 7.08. The van der Waals surface area contributed by atoms with Gasteiger partial charge in [0.25, 0.3) is 0 Å². The van der Waals surface area contributed by atoms with Gasteiger partial charge in [0.2, 0.25) is 11.8 Å². The number of hydrogen-bond acceptors (Lipinski definition) is 4. The first-order valence-electron chi connectivity index (χ1n) is 8.64. The van der Waals surface area contributed by atoms with Gasteiger partial charge in [-0.05, 0) is 42.5 Å². The van der Waals surface area contributed by atoms with Gasteiger partial charge in [-0.2, -0.15) is 0 Å². The number of nitrogens with zero attached hydrogens (tertiary/aromatic N) is 1. The molecule has 0 radical (unpaired) electrons. The Morgan fingerprint density at radius 2 is 1.50 bits per heavy atom. The summed E-state index contributed by atoms with van der Waals surface area (Å²) in [5.41, 5.74) is 8.79. The highest BCUT2D eigenvalue weighted by atomic mass is 79.9. The average molecular weight is 439 g/mol. The van der Waals surface area contributed by atoms with Gasteiger partial charge in [0.15, 0.2) is 0 Å². The Labute approximate surface area is 171 Å². The summed E-state index contributed by atoms with van der Waals surface area (Å²) in [4.78, 5) is 28.9. The van der Waals surface area contributed by atoms with Crippen molar-refractivity contribution in [1.82, 2.24) is 4.98 Å². The van der Waals surface area contributed by atoms with Crippen LogP contribution in [0.3, 0.4) is 0 Å². The summed E-state index contributed by atoms with van der Waals surface area (Å²) in [7, 11) is 0. The maximum absolute atomic E-state index is 12.3. The molecular formula is C21H19BrN4O2. The molecule has 2 aromatic carbocycles. The molecule has 0 unspecified atom stereocenters. The van der Waals surface area contributed by atoms with Crippen molar-refractivity contribution in [2.75, 3.05) is 16.4 Å². The van der Waals surface area contributed by atoms with Crippen molar-refractivity contribution in [3.63, 3.8) is 0 Å². The second-order valence-electron chi connectivity index (χ2n) is 6.17. The number of halogens is 1. The molecule has 0 bridgehead atoms. The van der Waals surface area contributed by atoms with Crippen LogP contribution in [0.2, 0.25) is 0 Å². The van der Waals surface area contributed by atoms with E-state index in [-0.39, 0.29) is 24.7 Å². The molecule has 0 spiro atoms. The minimum absolute atomic E-state index is 0.0927. The molecule has 0 saturated heterocycles. The molecule has 2 amide bonds. The molecule has 0 aliphatic heterocycles. The molecule has 7 heteroatoms. The van der Waals surface area contributed by atoms with Gasteiger partial charge < -0.3 is 16.4 Å². The van der Waals surface area contributed by atoms with Gasteiger partial charge in [0, 0.05) is 10.2 Å². The molecule has 0 aliphatic carbocycles. The van der Waals surface area contributed by atoms with Crippen LogP contribution < -0.4 is 16.4 Å². The predicted octanol–water partition coefficient (Wildman–Crippen LogP) is 3.79. The molecule has 3 aromatic rings. The van der Waals surface area contributed by atoms with Crippen LogP contribution in [0.1, 0.15) is 11.4 Å². The number of nitrogens with one attached hydrogen (secondary N) is 2. The van der Waals surface area contributed by atoms with E-state index in [1.807, 2.05) is 24.3 Å². The smallest absolute Gasteiger partial charge is 0.230 e. The van der Waals surface area contributed by atoms with E-state index in [0.29, 0.717) is 28.5 Å². The maximum Gasteiger partial charge on any atom is 0.230 e. The lowest BCUT2D eigenvalue weighted by molar-refractivity contribution is -0.116.